The molecule has 0 fully saturated rings. The van der Waals surface area contributed by atoms with Gasteiger partial charge in [0.2, 0.25) is 0 Å². The van der Waals surface area contributed by atoms with E-state index in [-0.39, 0.29) is 10.8 Å². The van der Waals surface area contributed by atoms with Crippen molar-refractivity contribution in [3.63, 3.8) is 0 Å². The van der Waals surface area contributed by atoms with Crippen molar-refractivity contribution in [2.45, 2.75) is 4.21 Å². The first-order valence-electron chi connectivity index (χ1n) is 5.38. The fourth-order valence-corrected chi connectivity index (χ4v) is 4.83. The van der Waals surface area contributed by atoms with Gasteiger partial charge < -0.3 is 4.74 Å². The highest BCUT2D eigenvalue weighted by Crippen LogP contribution is 2.29. The first-order chi connectivity index (χ1) is 9.53. The SMILES string of the molecule is N#CCOc1cccc(NS(=O)(=O)c2sccc2Br)c1. The second-order valence-corrected chi connectivity index (χ2v) is 7.28. The Morgan fingerprint density at radius 3 is 2.85 bits per heavy atom. The van der Waals surface area contributed by atoms with Crippen molar-refractivity contribution in [1.82, 2.24) is 0 Å². The van der Waals surface area contributed by atoms with Crippen molar-refractivity contribution < 1.29 is 13.2 Å². The predicted octanol–water partition coefficient (Wildman–Crippen LogP) is 3.21. The van der Waals surface area contributed by atoms with Crippen molar-refractivity contribution in [3.8, 4) is 11.8 Å². The number of hydrogen-bond donors (Lipinski definition) is 1. The molecular weight excluding hydrogens is 364 g/mol. The number of halogens is 1. The van der Waals surface area contributed by atoms with Gasteiger partial charge in [0.15, 0.2) is 10.8 Å². The zero-order chi connectivity index (χ0) is 14.6. The summed E-state index contributed by atoms with van der Waals surface area (Å²) in [5.74, 6) is 0.428. The van der Waals surface area contributed by atoms with E-state index in [4.69, 9.17) is 10.00 Å². The van der Waals surface area contributed by atoms with E-state index in [1.807, 2.05) is 6.07 Å². The maximum absolute atomic E-state index is 12.2. The normalized spacial score (nSPS) is 10.8. The highest BCUT2D eigenvalue weighted by atomic mass is 79.9. The minimum absolute atomic E-state index is 0.0906. The van der Waals surface area contributed by atoms with E-state index in [9.17, 15) is 8.42 Å². The molecule has 2 aromatic rings. The molecule has 5 nitrogen and oxygen atoms in total. The van der Waals surface area contributed by atoms with Crippen LogP contribution >= 0.6 is 27.3 Å². The molecule has 0 aliphatic carbocycles. The van der Waals surface area contributed by atoms with E-state index in [1.165, 1.54) is 6.07 Å². The van der Waals surface area contributed by atoms with Crippen LogP contribution in [-0.4, -0.2) is 15.0 Å². The number of nitrogens with zero attached hydrogens (tertiary/aromatic N) is 1. The molecule has 0 saturated carbocycles. The Hall–Kier alpha value is -1.56. The second-order valence-electron chi connectivity index (χ2n) is 3.64. The summed E-state index contributed by atoms with van der Waals surface area (Å²) in [7, 11) is -3.64. The minimum atomic E-state index is -3.64. The maximum Gasteiger partial charge on any atom is 0.272 e. The summed E-state index contributed by atoms with van der Waals surface area (Å²) in [6.45, 7) is -0.0906. The molecule has 1 heterocycles. The van der Waals surface area contributed by atoms with Crippen molar-refractivity contribution in [2.75, 3.05) is 11.3 Å². The quantitative estimate of drug-likeness (QED) is 0.873. The van der Waals surface area contributed by atoms with Gasteiger partial charge in [-0.1, -0.05) is 6.07 Å². The van der Waals surface area contributed by atoms with Crippen LogP contribution in [0.5, 0.6) is 5.75 Å². The maximum atomic E-state index is 12.2. The zero-order valence-corrected chi connectivity index (χ0v) is 13.3. The van der Waals surface area contributed by atoms with Crippen LogP contribution in [-0.2, 0) is 10.0 Å². The van der Waals surface area contributed by atoms with Gasteiger partial charge in [-0.15, -0.1) is 11.3 Å². The Balaban J connectivity index is 2.22. The van der Waals surface area contributed by atoms with Gasteiger partial charge >= 0.3 is 0 Å². The van der Waals surface area contributed by atoms with Gasteiger partial charge in [0.1, 0.15) is 11.8 Å². The predicted molar refractivity (Wildman–Crippen MR) is 80.4 cm³/mol. The number of rotatable bonds is 5. The Kier molecular flexibility index (Phi) is 4.65. The third kappa shape index (κ3) is 3.50. The number of anilines is 1. The number of hydrogen-bond acceptors (Lipinski definition) is 5. The first-order valence-corrected chi connectivity index (χ1v) is 8.54. The van der Waals surface area contributed by atoms with Crippen LogP contribution in [0, 0.1) is 11.3 Å². The first kappa shape index (κ1) is 14.8. The Labute approximate surface area is 129 Å². The van der Waals surface area contributed by atoms with E-state index >= 15 is 0 Å². The third-order valence-corrected chi connectivity index (χ3v) is 6.27. The Morgan fingerprint density at radius 2 is 2.20 bits per heavy atom. The molecule has 0 atom stereocenters. The smallest absolute Gasteiger partial charge is 0.272 e. The average Bonchev–Trinajstić information content (AvgIpc) is 2.83. The molecule has 104 valence electrons. The summed E-state index contributed by atoms with van der Waals surface area (Å²) < 4.78 is 32.7. The van der Waals surface area contributed by atoms with Crippen molar-refractivity contribution in [1.29, 1.82) is 5.26 Å². The lowest BCUT2D eigenvalue weighted by Crippen LogP contribution is -2.12. The van der Waals surface area contributed by atoms with Crippen LogP contribution in [0.15, 0.2) is 44.4 Å². The highest BCUT2D eigenvalue weighted by molar-refractivity contribution is 9.10. The van der Waals surface area contributed by atoms with E-state index < -0.39 is 10.0 Å². The van der Waals surface area contributed by atoms with Crippen LogP contribution < -0.4 is 9.46 Å². The van der Waals surface area contributed by atoms with Gasteiger partial charge in [-0.25, -0.2) is 8.42 Å². The average molecular weight is 373 g/mol. The van der Waals surface area contributed by atoms with Crippen LogP contribution in [0.2, 0.25) is 0 Å². The van der Waals surface area contributed by atoms with Crippen LogP contribution in [0.1, 0.15) is 0 Å². The molecule has 1 N–H and O–H groups in total. The van der Waals surface area contributed by atoms with Crippen molar-refractivity contribution in [2.24, 2.45) is 0 Å². The fraction of sp³-hybridized carbons (Fsp3) is 0.0833. The van der Waals surface area contributed by atoms with Crippen LogP contribution in [0.25, 0.3) is 0 Å². The van der Waals surface area contributed by atoms with E-state index in [1.54, 1.807) is 29.6 Å². The summed E-state index contributed by atoms with van der Waals surface area (Å²) in [5, 5.41) is 10.1. The molecule has 8 heteroatoms. The minimum Gasteiger partial charge on any atom is -0.479 e. The summed E-state index contributed by atoms with van der Waals surface area (Å²) in [6, 6.07) is 9.95. The van der Waals surface area contributed by atoms with Crippen molar-refractivity contribution in [3.05, 3.63) is 40.2 Å². The molecule has 0 aliphatic heterocycles. The van der Waals surface area contributed by atoms with Gasteiger partial charge in [-0.2, -0.15) is 5.26 Å². The lowest BCUT2D eigenvalue weighted by Gasteiger charge is -2.08. The topological polar surface area (TPSA) is 79.2 Å². The molecule has 0 unspecified atom stereocenters. The van der Waals surface area contributed by atoms with Gasteiger partial charge in [-0.3, -0.25) is 4.72 Å². The standard InChI is InChI=1S/C12H9BrN2O3S2/c13-11-4-7-19-12(11)20(16,17)15-9-2-1-3-10(8-9)18-6-5-14/h1-4,7-8,15H,6H2. The highest BCUT2D eigenvalue weighted by Gasteiger charge is 2.19. The fourth-order valence-electron chi connectivity index (χ4n) is 1.44. The lowest BCUT2D eigenvalue weighted by molar-refractivity contribution is 0.368. The van der Waals surface area contributed by atoms with Gasteiger partial charge in [-0.05, 0) is 39.5 Å². The summed E-state index contributed by atoms with van der Waals surface area (Å²) in [5.41, 5.74) is 0.376. The number of nitrogens with one attached hydrogen (secondary N) is 1. The number of sulfonamides is 1. The molecule has 0 spiro atoms. The summed E-state index contributed by atoms with van der Waals surface area (Å²) >= 11 is 4.32. The van der Waals surface area contributed by atoms with Gasteiger partial charge in [0.05, 0.1) is 5.69 Å². The molecule has 1 aromatic heterocycles. The second kappa shape index (κ2) is 6.26. The van der Waals surface area contributed by atoms with Crippen LogP contribution in [0.4, 0.5) is 5.69 Å². The third-order valence-electron chi connectivity index (χ3n) is 2.22. The molecule has 0 saturated heterocycles. The van der Waals surface area contributed by atoms with Crippen molar-refractivity contribution >= 4 is 43.0 Å². The number of thiophene rings is 1. The van der Waals surface area contributed by atoms with Gasteiger partial charge in [0.25, 0.3) is 10.0 Å². The van der Waals surface area contributed by atoms with E-state index in [0.29, 0.717) is 15.9 Å². The van der Waals surface area contributed by atoms with Crippen LogP contribution in [0.3, 0.4) is 0 Å². The molecular formula is C12H9BrN2O3S2. The molecule has 2 rings (SSSR count). The number of nitriles is 1. The molecule has 0 radical (unpaired) electrons. The summed E-state index contributed by atoms with van der Waals surface area (Å²) in [6.07, 6.45) is 0. The number of ether oxygens (including phenoxy) is 1. The van der Waals surface area contributed by atoms with E-state index in [0.717, 1.165) is 11.3 Å². The molecule has 20 heavy (non-hydrogen) atoms. The van der Waals surface area contributed by atoms with Gasteiger partial charge in [0, 0.05) is 10.5 Å². The Morgan fingerprint density at radius 1 is 1.40 bits per heavy atom. The largest absolute Gasteiger partial charge is 0.479 e. The summed E-state index contributed by atoms with van der Waals surface area (Å²) in [4.78, 5) is 0. The molecule has 0 aliphatic rings. The molecule has 0 bridgehead atoms. The number of benzene rings is 1. The Bertz CT molecular complexity index is 750. The molecule has 1 aromatic carbocycles. The molecule has 0 amide bonds. The monoisotopic (exact) mass is 372 g/mol. The lowest BCUT2D eigenvalue weighted by atomic mass is 10.3. The zero-order valence-electron chi connectivity index (χ0n) is 10.0. The van der Waals surface area contributed by atoms with E-state index in [2.05, 4.69) is 20.7 Å².